The van der Waals surface area contributed by atoms with Crippen molar-refractivity contribution in [3.05, 3.63) is 114 Å². The van der Waals surface area contributed by atoms with Gasteiger partial charge in [-0.2, -0.15) is 4.52 Å². The highest BCUT2D eigenvalue weighted by Gasteiger charge is 2.50. The quantitative estimate of drug-likeness (QED) is 0.160. The Bertz CT molecular complexity index is 2010. The van der Waals surface area contributed by atoms with Crippen LogP contribution in [0.4, 0.5) is 21.2 Å². The molecule has 8 nitrogen and oxygen atoms in total. The Kier molecular flexibility index (Phi) is 9.58. The van der Waals surface area contributed by atoms with Crippen LogP contribution in [0.1, 0.15) is 33.4 Å². The van der Waals surface area contributed by atoms with Crippen molar-refractivity contribution in [1.82, 2.24) is 24.9 Å². The van der Waals surface area contributed by atoms with E-state index < -0.39 is 8.32 Å². The minimum absolute atomic E-state index is 0.0886. The van der Waals surface area contributed by atoms with Gasteiger partial charge in [-0.25, -0.2) is 14.4 Å². The van der Waals surface area contributed by atoms with Gasteiger partial charge in [-0.05, 0) is 58.2 Å². The van der Waals surface area contributed by atoms with Gasteiger partial charge in [0.15, 0.2) is 16.6 Å². The molecule has 1 N–H and O–H groups in total. The maximum absolute atomic E-state index is 13.5. The molecule has 1 atom stereocenters. The Morgan fingerprint density at radius 1 is 0.940 bits per heavy atom. The molecule has 1 fully saturated rings. The monoisotopic (exact) mass is 705 g/mol. The summed E-state index contributed by atoms with van der Waals surface area (Å²) in [5.41, 5.74) is 3.44. The highest BCUT2D eigenvalue weighted by molar-refractivity contribution is 7.14. The van der Waals surface area contributed by atoms with E-state index in [2.05, 4.69) is 116 Å². The van der Waals surface area contributed by atoms with Gasteiger partial charge in [-0.1, -0.05) is 88.4 Å². The van der Waals surface area contributed by atoms with Gasteiger partial charge in [0.25, 0.3) is 8.32 Å². The summed E-state index contributed by atoms with van der Waals surface area (Å²) in [5.74, 6) is 1.53. The molecular weight excluding hydrogens is 662 g/mol. The van der Waals surface area contributed by atoms with Crippen molar-refractivity contribution < 1.29 is 8.82 Å². The van der Waals surface area contributed by atoms with Gasteiger partial charge in [0.2, 0.25) is 0 Å². The van der Waals surface area contributed by atoms with E-state index in [0.29, 0.717) is 6.61 Å². The number of hydrogen-bond acceptors (Lipinski definition) is 8. The summed E-state index contributed by atoms with van der Waals surface area (Å²) in [6.07, 6.45) is 0.754. The van der Waals surface area contributed by atoms with Crippen LogP contribution in [0.2, 0.25) is 5.04 Å². The molecule has 6 aromatic rings. The molecule has 0 radical (unpaired) electrons. The Morgan fingerprint density at radius 2 is 1.62 bits per heavy atom. The van der Waals surface area contributed by atoms with Crippen molar-refractivity contribution >= 4 is 52.4 Å². The largest absolute Gasteiger partial charge is 0.406 e. The van der Waals surface area contributed by atoms with Gasteiger partial charge in [0, 0.05) is 43.7 Å². The molecule has 1 aliphatic heterocycles. The van der Waals surface area contributed by atoms with Crippen molar-refractivity contribution in [2.24, 2.45) is 0 Å². The molecule has 11 heteroatoms. The average Bonchev–Trinajstić information content (AvgIpc) is 3.78. The normalized spacial score (nSPS) is 15.5. The second-order valence-corrected chi connectivity index (χ2v) is 19.0. The lowest BCUT2D eigenvalue weighted by Crippen LogP contribution is -2.68. The van der Waals surface area contributed by atoms with Crippen molar-refractivity contribution in [2.75, 3.05) is 43.1 Å². The molecule has 258 valence electrons. The van der Waals surface area contributed by atoms with E-state index in [4.69, 9.17) is 19.5 Å². The van der Waals surface area contributed by atoms with Crippen LogP contribution in [0.25, 0.3) is 16.9 Å². The van der Waals surface area contributed by atoms with E-state index in [9.17, 15) is 4.39 Å². The van der Waals surface area contributed by atoms with Crippen LogP contribution in [0, 0.1) is 5.82 Å². The SMILES string of the molecule is CCc1nc2ccc(N3CCN[C@@H](CO[Si](c4ccccc4)(c4ccccc4)C(C)(C)C)C3)nn2c1N(C)c1nc(-c2ccc(F)cc2)cs1. The van der Waals surface area contributed by atoms with Crippen LogP contribution < -0.4 is 25.5 Å². The molecule has 0 spiro atoms. The Labute approximate surface area is 298 Å². The zero-order valence-corrected chi connectivity index (χ0v) is 31.1. The number of rotatable bonds is 10. The molecule has 0 bridgehead atoms. The molecule has 1 aliphatic rings. The lowest BCUT2D eigenvalue weighted by Gasteiger charge is -2.44. The standard InChI is InChI=1S/C39H44FN7OSSi/c1-6-33-37(45(5)38-43-34(27-49-38)28-17-19-29(40)20-18-28)47-35(42-33)21-22-36(44-47)46-24-23-41-30(25-46)26-48-50(39(2,3)4,31-13-9-7-10-14-31)32-15-11-8-12-16-32/h7-22,27,30,41H,6,23-26H2,1-5H3/t30-/m1/s1. The zero-order valence-electron chi connectivity index (χ0n) is 29.3. The number of nitrogens with zero attached hydrogens (tertiary/aromatic N) is 6. The highest BCUT2D eigenvalue weighted by atomic mass is 32.1. The first kappa shape index (κ1) is 34.0. The highest BCUT2D eigenvalue weighted by Crippen LogP contribution is 2.37. The second-order valence-electron chi connectivity index (χ2n) is 13.8. The molecule has 0 aliphatic carbocycles. The lowest BCUT2D eigenvalue weighted by atomic mass is 10.2. The number of aromatic nitrogens is 4. The number of thiazole rings is 1. The van der Waals surface area contributed by atoms with Gasteiger partial charge in [-0.3, -0.25) is 0 Å². The summed E-state index contributed by atoms with van der Waals surface area (Å²) in [4.78, 5) is 14.2. The molecule has 1 saturated heterocycles. The van der Waals surface area contributed by atoms with E-state index in [1.807, 2.05) is 16.9 Å². The third-order valence-electron chi connectivity index (χ3n) is 9.58. The molecule has 3 aromatic heterocycles. The summed E-state index contributed by atoms with van der Waals surface area (Å²) < 4.78 is 22.8. The minimum Gasteiger partial charge on any atom is -0.406 e. The number of halogens is 1. The van der Waals surface area contributed by atoms with Crippen molar-refractivity contribution in [3.63, 3.8) is 0 Å². The minimum atomic E-state index is -2.66. The molecule has 3 aromatic carbocycles. The number of aryl methyl sites for hydroxylation is 1. The predicted octanol–water partition coefficient (Wildman–Crippen LogP) is 6.68. The molecular formula is C39H44FN7OSSi. The van der Waals surface area contributed by atoms with Crippen LogP contribution in [-0.4, -0.2) is 67.2 Å². The first-order chi connectivity index (χ1) is 24.2. The summed E-state index contributed by atoms with van der Waals surface area (Å²) >= 11 is 1.54. The lowest BCUT2D eigenvalue weighted by molar-refractivity contribution is 0.242. The van der Waals surface area contributed by atoms with Crippen LogP contribution in [-0.2, 0) is 10.8 Å². The van der Waals surface area contributed by atoms with Gasteiger partial charge in [-0.15, -0.1) is 16.4 Å². The van der Waals surface area contributed by atoms with Gasteiger partial charge in [0.1, 0.15) is 11.6 Å². The van der Waals surface area contributed by atoms with Crippen molar-refractivity contribution in [2.45, 2.75) is 45.2 Å². The Balaban J connectivity index is 1.15. The number of hydrogen-bond donors (Lipinski definition) is 1. The molecule has 0 amide bonds. The second kappa shape index (κ2) is 14.1. The molecule has 50 heavy (non-hydrogen) atoms. The number of fused-ring (bicyclic) bond motifs is 1. The first-order valence-corrected chi connectivity index (χ1v) is 20.0. The maximum atomic E-state index is 13.5. The third-order valence-corrected chi connectivity index (χ3v) is 15.5. The van der Waals surface area contributed by atoms with Gasteiger partial charge >= 0.3 is 0 Å². The topological polar surface area (TPSA) is 70.8 Å². The summed E-state index contributed by atoms with van der Waals surface area (Å²) in [6, 6.07) is 32.3. The molecule has 0 saturated carbocycles. The Morgan fingerprint density at radius 3 is 2.26 bits per heavy atom. The maximum Gasteiger partial charge on any atom is 0.261 e. The fraction of sp³-hybridized carbons (Fsp3) is 0.308. The smallest absolute Gasteiger partial charge is 0.261 e. The van der Waals surface area contributed by atoms with Crippen LogP contribution >= 0.6 is 11.3 Å². The summed E-state index contributed by atoms with van der Waals surface area (Å²) in [6.45, 7) is 12.1. The van der Waals surface area contributed by atoms with E-state index in [0.717, 1.165) is 65.4 Å². The van der Waals surface area contributed by atoms with Gasteiger partial charge in [0.05, 0.1) is 18.0 Å². The predicted molar refractivity (Wildman–Crippen MR) is 206 cm³/mol. The number of benzene rings is 3. The van der Waals surface area contributed by atoms with Crippen molar-refractivity contribution in [1.29, 1.82) is 0 Å². The first-order valence-electron chi connectivity index (χ1n) is 17.2. The number of nitrogens with one attached hydrogen (secondary N) is 1. The molecule has 0 unspecified atom stereocenters. The van der Waals surface area contributed by atoms with Crippen LogP contribution in [0.5, 0.6) is 0 Å². The molecule has 7 rings (SSSR count). The van der Waals surface area contributed by atoms with Crippen LogP contribution in [0.3, 0.4) is 0 Å². The van der Waals surface area contributed by atoms with Crippen LogP contribution in [0.15, 0.2) is 102 Å². The Hall–Kier alpha value is -4.42. The fourth-order valence-electron chi connectivity index (χ4n) is 7.09. The van der Waals surface area contributed by atoms with E-state index in [-0.39, 0.29) is 16.9 Å². The molecule has 4 heterocycles. The number of imidazole rings is 1. The number of piperazine rings is 1. The van der Waals surface area contributed by atoms with E-state index in [1.54, 1.807) is 23.5 Å². The summed E-state index contributed by atoms with van der Waals surface area (Å²) in [7, 11) is -0.654. The average molecular weight is 706 g/mol. The van der Waals surface area contributed by atoms with Crippen molar-refractivity contribution in [3.8, 4) is 11.3 Å². The zero-order chi connectivity index (χ0) is 34.9. The third kappa shape index (κ3) is 6.46. The number of anilines is 3. The fourth-order valence-corrected chi connectivity index (χ4v) is 12.5. The summed E-state index contributed by atoms with van der Waals surface area (Å²) in [5, 5.41) is 14.2. The van der Waals surface area contributed by atoms with Gasteiger partial charge < -0.3 is 19.5 Å². The van der Waals surface area contributed by atoms with E-state index in [1.165, 1.54) is 22.5 Å². The van der Waals surface area contributed by atoms with E-state index >= 15 is 0 Å².